The van der Waals surface area contributed by atoms with E-state index in [1.807, 2.05) is 5.38 Å². The van der Waals surface area contributed by atoms with Gasteiger partial charge in [-0.2, -0.15) is 0 Å². The van der Waals surface area contributed by atoms with Gasteiger partial charge >= 0.3 is 5.97 Å². The average molecular weight is 339 g/mol. The molecule has 6 nitrogen and oxygen atoms in total. The largest absolute Gasteiger partial charge is 0.481 e. The Labute approximate surface area is 131 Å². The molecular formula is C12H9N3O3S3. The molecular weight excluding hydrogens is 330 g/mol. The summed E-state index contributed by atoms with van der Waals surface area (Å²) in [6.45, 7) is 0. The summed E-state index contributed by atoms with van der Waals surface area (Å²) >= 11 is 4.26. The van der Waals surface area contributed by atoms with Gasteiger partial charge in [0.15, 0.2) is 9.30 Å². The molecule has 0 spiro atoms. The standard InChI is InChI=1S/C12H9N3O3S3/c16-9-3-7(13-11-15(9)1-2-19-11)5-20-12-14-8(6-21-12)4-10(17)18/h1-3,6H,4-5H2,(H,17,18). The molecule has 3 aromatic heterocycles. The van der Waals surface area contributed by atoms with Gasteiger partial charge in [-0.05, 0) is 0 Å². The predicted molar refractivity (Wildman–Crippen MR) is 82.4 cm³/mol. The SMILES string of the molecule is O=C(O)Cc1csc(SCc2cc(=O)n3ccsc3n2)n1. The Balaban J connectivity index is 1.72. The number of hydrogen-bond donors (Lipinski definition) is 1. The van der Waals surface area contributed by atoms with Crippen LogP contribution in [0, 0.1) is 0 Å². The van der Waals surface area contributed by atoms with Crippen molar-refractivity contribution in [2.75, 3.05) is 0 Å². The third-order valence-electron chi connectivity index (χ3n) is 2.56. The Morgan fingerprint density at radius 2 is 2.19 bits per heavy atom. The molecule has 0 amide bonds. The Bertz CT molecular complexity index is 852. The molecule has 108 valence electrons. The van der Waals surface area contributed by atoms with E-state index in [2.05, 4.69) is 9.97 Å². The van der Waals surface area contributed by atoms with Gasteiger partial charge in [0.25, 0.3) is 5.56 Å². The fraction of sp³-hybridized carbons (Fsp3) is 0.167. The molecule has 0 aromatic carbocycles. The van der Waals surface area contributed by atoms with Crippen molar-refractivity contribution in [3.63, 3.8) is 0 Å². The van der Waals surface area contributed by atoms with Crippen molar-refractivity contribution in [2.24, 2.45) is 0 Å². The predicted octanol–water partition coefficient (Wildman–Crippen LogP) is 2.13. The number of nitrogens with zero attached hydrogens (tertiary/aromatic N) is 3. The number of aromatic nitrogens is 3. The van der Waals surface area contributed by atoms with Crippen LogP contribution in [0.2, 0.25) is 0 Å². The van der Waals surface area contributed by atoms with Crippen LogP contribution < -0.4 is 5.56 Å². The second kappa shape index (κ2) is 5.96. The molecule has 0 unspecified atom stereocenters. The van der Waals surface area contributed by atoms with Crippen molar-refractivity contribution >= 4 is 45.4 Å². The first-order valence-corrected chi connectivity index (χ1v) is 8.61. The van der Waals surface area contributed by atoms with Gasteiger partial charge < -0.3 is 5.11 Å². The molecule has 9 heteroatoms. The molecule has 3 aromatic rings. The van der Waals surface area contributed by atoms with Gasteiger partial charge in [-0.15, -0.1) is 22.7 Å². The van der Waals surface area contributed by atoms with E-state index in [1.165, 1.54) is 44.9 Å². The van der Waals surface area contributed by atoms with Crippen LogP contribution >= 0.6 is 34.4 Å². The maximum Gasteiger partial charge on any atom is 0.309 e. The summed E-state index contributed by atoms with van der Waals surface area (Å²) < 4.78 is 2.28. The number of aliphatic carboxylic acids is 1. The maximum atomic E-state index is 11.8. The highest BCUT2D eigenvalue weighted by Gasteiger charge is 2.08. The summed E-state index contributed by atoms with van der Waals surface area (Å²) in [7, 11) is 0. The van der Waals surface area contributed by atoms with Gasteiger partial charge in [0, 0.05) is 28.8 Å². The van der Waals surface area contributed by atoms with E-state index in [1.54, 1.807) is 11.6 Å². The number of carbonyl (C=O) groups is 1. The Kier molecular flexibility index (Phi) is 4.04. The van der Waals surface area contributed by atoms with Gasteiger partial charge in [-0.1, -0.05) is 11.8 Å². The van der Waals surface area contributed by atoms with Crippen molar-refractivity contribution in [1.29, 1.82) is 0 Å². The highest BCUT2D eigenvalue weighted by Crippen LogP contribution is 2.25. The molecule has 3 heterocycles. The van der Waals surface area contributed by atoms with Crippen LogP contribution in [0.15, 0.2) is 32.2 Å². The quantitative estimate of drug-likeness (QED) is 0.717. The molecule has 0 bridgehead atoms. The lowest BCUT2D eigenvalue weighted by atomic mass is 10.3. The van der Waals surface area contributed by atoms with E-state index >= 15 is 0 Å². The van der Waals surface area contributed by atoms with Crippen LogP contribution in [0.5, 0.6) is 0 Å². The maximum absolute atomic E-state index is 11.8. The monoisotopic (exact) mass is 339 g/mol. The van der Waals surface area contributed by atoms with Gasteiger partial charge in [0.2, 0.25) is 0 Å². The lowest BCUT2D eigenvalue weighted by Gasteiger charge is -1.99. The molecule has 0 fully saturated rings. The van der Waals surface area contributed by atoms with Crippen molar-refractivity contribution in [3.05, 3.63) is 44.8 Å². The summed E-state index contributed by atoms with van der Waals surface area (Å²) in [5.74, 6) is -0.362. The lowest BCUT2D eigenvalue weighted by Crippen LogP contribution is -2.12. The molecule has 0 aliphatic heterocycles. The first-order valence-electron chi connectivity index (χ1n) is 5.86. The van der Waals surface area contributed by atoms with Crippen molar-refractivity contribution in [2.45, 2.75) is 16.5 Å². The number of thiazole rings is 2. The number of hydrogen-bond acceptors (Lipinski definition) is 7. The Morgan fingerprint density at radius 1 is 1.33 bits per heavy atom. The van der Waals surface area contributed by atoms with E-state index in [0.717, 1.165) is 4.34 Å². The van der Waals surface area contributed by atoms with E-state index in [-0.39, 0.29) is 12.0 Å². The van der Waals surface area contributed by atoms with Gasteiger partial charge in [-0.25, -0.2) is 9.97 Å². The fourth-order valence-corrected chi connectivity index (χ4v) is 4.16. The molecule has 0 aliphatic carbocycles. The number of carboxylic acids is 1. The van der Waals surface area contributed by atoms with Gasteiger partial charge in [-0.3, -0.25) is 14.0 Å². The average Bonchev–Trinajstić information content (AvgIpc) is 3.04. The zero-order chi connectivity index (χ0) is 14.8. The molecule has 0 saturated heterocycles. The minimum absolute atomic E-state index is 0.0716. The molecule has 1 N–H and O–H groups in total. The van der Waals surface area contributed by atoms with Crippen LogP contribution in [0.1, 0.15) is 11.4 Å². The highest BCUT2D eigenvalue weighted by molar-refractivity contribution is 8.00. The molecule has 3 rings (SSSR count). The minimum Gasteiger partial charge on any atom is -0.481 e. The van der Waals surface area contributed by atoms with E-state index in [0.29, 0.717) is 22.1 Å². The lowest BCUT2D eigenvalue weighted by molar-refractivity contribution is -0.136. The third kappa shape index (κ3) is 3.31. The van der Waals surface area contributed by atoms with Crippen molar-refractivity contribution in [3.8, 4) is 0 Å². The normalized spacial score (nSPS) is 11.0. The Morgan fingerprint density at radius 3 is 3.00 bits per heavy atom. The molecule has 0 aliphatic rings. The summed E-state index contributed by atoms with van der Waals surface area (Å²) in [6.07, 6.45) is 1.63. The fourth-order valence-electron chi connectivity index (χ4n) is 1.69. The van der Waals surface area contributed by atoms with Crippen molar-refractivity contribution < 1.29 is 9.90 Å². The summed E-state index contributed by atoms with van der Waals surface area (Å²) in [5, 5.41) is 12.3. The van der Waals surface area contributed by atoms with E-state index in [9.17, 15) is 9.59 Å². The topological polar surface area (TPSA) is 84.6 Å². The molecule has 0 atom stereocenters. The van der Waals surface area contributed by atoms with Crippen LogP contribution in [0.3, 0.4) is 0 Å². The Hall–Kier alpha value is -1.71. The zero-order valence-corrected chi connectivity index (χ0v) is 13.0. The molecule has 0 radical (unpaired) electrons. The van der Waals surface area contributed by atoms with Crippen LogP contribution in [-0.4, -0.2) is 25.4 Å². The van der Waals surface area contributed by atoms with Gasteiger partial charge in [0.05, 0.1) is 17.8 Å². The smallest absolute Gasteiger partial charge is 0.309 e. The molecule has 0 saturated carbocycles. The summed E-state index contributed by atoms with van der Waals surface area (Å²) in [6, 6.07) is 1.51. The third-order valence-corrected chi connectivity index (χ3v) is 5.42. The van der Waals surface area contributed by atoms with E-state index < -0.39 is 5.97 Å². The van der Waals surface area contributed by atoms with Crippen molar-refractivity contribution in [1.82, 2.24) is 14.4 Å². The van der Waals surface area contributed by atoms with E-state index in [4.69, 9.17) is 5.11 Å². The van der Waals surface area contributed by atoms with Crippen LogP contribution in [0.4, 0.5) is 0 Å². The minimum atomic E-state index is -0.894. The zero-order valence-electron chi connectivity index (χ0n) is 10.6. The first kappa shape index (κ1) is 14.2. The number of fused-ring (bicyclic) bond motifs is 1. The second-order valence-corrected chi connectivity index (χ2v) is 7.06. The number of carboxylic acid groups (broad SMARTS) is 1. The van der Waals surface area contributed by atoms with Crippen LogP contribution in [-0.2, 0) is 17.0 Å². The number of rotatable bonds is 5. The molecule has 21 heavy (non-hydrogen) atoms. The summed E-state index contributed by atoms with van der Waals surface area (Å²) in [5.41, 5.74) is 1.15. The highest BCUT2D eigenvalue weighted by atomic mass is 32.2. The summed E-state index contributed by atoms with van der Waals surface area (Å²) in [4.78, 5) is 31.8. The number of thioether (sulfide) groups is 1. The second-order valence-electron chi connectivity index (χ2n) is 4.11. The first-order chi connectivity index (χ1) is 10.1. The van der Waals surface area contributed by atoms with Gasteiger partial charge in [0.1, 0.15) is 0 Å². The van der Waals surface area contributed by atoms with Crippen LogP contribution in [0.25, 0.3) is 4.96 Å².